The van der Waals surface area contributed by atoms with Gasteiger partial charge < -0.3 is 14.8 Å². The molecule has 0 aliphatic heterocycles. The Bertz CT molecular complexity index is 517. The number of aliphatic hydroxyl groups is 1. The van der Waals surface area contributed by atoms with Gasteiger partial charge in [0.25, 0.3) is 0 Å². The molecule has 0 radical (unpaired) electrons. The molecule has 2 rings (SSSR count). The molecule has 0 spiro atoms. The Morgan fingerprint density at radius 2 is 2.26 bits per heavy atom. The lowest BCUT2D eigenvalue weighted by molar-refractivity contribution is 0.147. The molecule has 0 bridgehead atoms. The van der Waals surface area contributed by atoms with E-state index in [0.717, 1.165) is 12.2 Å². The Kier molecular flexibility index (Phi) is 4.39. The summed E-state index contributed by atoms with van der Waals surface area (Å²) in [5, 5.41) is 17.6. The Labute approximate surface area is 113 Å². The predicted octanol–water partition coefficient (Wildman–Crippen LogP) is 1.94. The number of aromatic nitrogens is 2. The fraction of sp³-hybridized carbons (Fsp3) is 0.500. The van der Waals surface area contributed by atoms with Crippen molar-refractivity contribution in [2.75, 3.05) is 6.54 Å². The van der Waals surface area contributed by atoms with E-state index < -0.39 is 6.10 Å². The number of rotatable bonds is 6. The second kappa shape index (κ2) is 6.04. The van der Waals surface area contributed by atoms with Gasteiger partial charge in [0.05, 0.1) is 12.0 Å². The summed E-state index contributed by atoms with van der Waals surface area (Å²) < 4.78 is 7.16. The molecule has 0 unspecified atom stereocenters. The molecule has 2 heterocycles. The number of hydrogen-bond donors (Lipinski definition) is 2. The highest BCUT2D eigenvalue weighted by molar-refractivity contribution is 5.24. The van der Waals surface area contributed by atoms with Crippen molar-refractivity contribution in [3.8, 4) is 0 Å². The van der Waals surface area contributed by atoms with Crippen molar-refractivity contribution in [3.63, 3.8) is 0 Å². The quantitative estimate of drug-likeness (QED) is 0.836. The molecular weight excluding hydrogens is 242 g/mol. The molecule has 1 atom stereocenters. The Morgan fingerprint density at radius 1 is 1.47 bits per heavy atom. The van der Waals surface area contributed by atoms with E-state index >= 15 is 0 Å². The van der Waals surface area contributed by atoms with E-state index in [1.54, 1.807) is 18.4 Å². The normalized spacial score (nSPS) is 12.8. The van der Waals surface area contributed by atoms with Crippen molar-refractivity contribution in [3.05, 3.63) is 41.1 Å². The van der Waals surface area contributed by atoms with Gasteiger partial charge in [0.1, 0.15) is 11.9 Å². The Hall–Kier alpha value is -1.59. The van der Waals surface area contributed by atoms with Crippen LogP contribution in [0.2, 0.25) is 0 Å². The van der Waals surface area contributed by atoms with Crippen LogP contribution in [0.25, 0.3) is 0 Å². The third-order valence-electron chi connectivity index (χ3n) is 3.34. The summed E-state index contributed by atoms with van der Waals surface area (Å²) in [5.74, 6) is 0.588. The molecule has 104 valence electrons. The van der Waals surface area contributed by atoms with Gasteiger partial charge >= 0.3 is 0 Å². The van der Waals surface area contributed by atoms with Gasteiger partial charge in [0.15, 0.2) is 0 Å². The topological polar surface area (TPSA) is 63.2 Å². The van der Waals surface area contributed by atoms with Gasteiger partial charge in [0, 0.05) is 30.9 Å². The van der Waals surface area contributed by atoms with Crippen molar-refractivity contribution in [2.24, 2.45) is 0 Å². The molecule has 0 saturated heterocycles. The van der Waals surface area contributed by atoms with E-state index in [-0.39, 0.29) is 0 Å². The van der Waals surface area contributed by atoms with E-state index in [1.165, 1.54) is 11.3 Å². The van der Waals surface area contributed by atoms with Crippen molar-refractivity contribution >= 4 is 0 Å². The third-order valence-corrected chi connectivity index (χ3v) is 3.34. The van der Waals surface area contributed by atoms with Crippen LogP contribution in [0, 0.1) is 13.8 Å². The number of nitrogens with zero attached hydrogens (tertiary/aromatic N) is 2. The second-order valence-electron chi connectivity index (χ2n) is 4.63. The molecule has 19 heavy (non-hydrogen) atoms. The van der Waals surface area contributed by atoms with Crippen LogP contribution in [0.5, 0.6) is 0 Å². The van der Waals surface area contributed by atoms with Crippen LogP contribution in [0.4, 0.5) is 0 Å². The lowest BCUT2D eigenvalue weighted by atomic mass is 10.2. The fourth-order valence-corrected chi connectivity index (χ4v) is 2.21. The van der Waals surface area contributed by atoms with Gasteiger partial charge in [-0.2, -0.15) is 5.10 Å². The molecule has 0 aliphatic carbocycles. The summed E-state index contributed by atoms with van der Waals surface area (Å²) >= 11 is 0. The lowest BCUT2D eigenvalue weighted by Gasteiger charge is -2.10. The molecular formula is C14H21N3O2. The van der Waals surface area contributed by atoms with Crippen molar-refractivity contribution < 1.29 is 9.52 Å². The number of aryl methyl sites for hydroxylation is 2. The van der Waals surface area contributed by atoms with E-state index in [2.05, 4.69) is 24.3 Å². The van der Waals surface area contributed by atoms with Crippen LogP contribution in [0.15, 0.2) is 22.8 Å². The van der Waals surface area contributed by atoms with Gasteiger partial charge in [-0.25, -0.2) is 0 Å². The first kappa shape index (κ1) is 13.8. The number of furan rings is 1. The minimum absolute atomic E-state index is 0.462. The molecule has 2 aromatic heterocycles. The van der Waals surface area contributed by atoms with Gasteiger partial charge in [-0.15, -0.1) is 0 Å². The van der Waals surface area contributed by atoms with Gasteiger partial charge in [-0.05, 0) is 32.9 Å². The molecule has 0 aromatic carbocycles. The molecule has 0 amide bonds. The highest BCUT2D eigenvalue weighted by Crippen LogP contribution is 2.14. The second-order valence-corrected chi connectivity index (χ2v) is 4.63. The molecule has 0 aliphatic rings. The highest BCUT2D eigenvalue weighted by atomic mass is 16.4. The molecule has 5 heteroatoms. The van der Waals surface area contributed by atoms with Crippen LogP contribution in [-0.2, 0) is 13.1 Å². The fourth-order valence-electron chi connectivity index (χ4n) is 2.21. The molecule has 2 aromatic rings. The summed E-state index contributed by atoms with van der Waals surface area (Å²) in [4.78, 5) is 0. The average molecular weight is 263 g/mol. The van der Waals surface area contributed by atoms with Gasteiger partial charge in [-0.1, -0.05) is 0 Å². The van der Waals surface area contributed by atoms with Gasteiger partial charge in [0.2, 0.25) is 0 Å². The lowest BCUT2D eigenvalue weighted by Crippen LogP contribution is -2.21. The third kappa shape index (κ3) is 3.05. The highest BCUT2D eigenvalue weighted by Gasteiger charge is 2.13. The predicted molar refractivity (Wildman–Crippen MR) is 72.7 cm³/mol. The monoisotopic (exact) mass is 263 g/mol. The molecule has 5 nitrogen and oxygen atoms in total. The Balaban J connectivity index is 1.91. The van der Waals surface area contributed by atoms with Gasteiger partial charge in [-0.3, -0.25) is 4.68 Å². The van der Waals surface area contributed by atoms with Crippen LogP contribution in [0.3, 0.4) is 0 Å². The zero-order chi connectivity index (χ0) is 13.8. The summed E-state index contributed by atoms with van der Waals surface area (Å²) in [6, 6.07) is 3.55. The summed E-state index contributed by atoms with van der Waals surface area (Å²) in [6.45, 7) is 8.21. The average Bonchev–Trinajstić information content (AvgIpc) is 3.01. The minimum Gasteiger partial charge on any atom is -0.467 e. The maximum absolute atomic E-state index is 9.90. The maximum atomic E-state index is 9.90. The number of aliphatic hydroxyl groups excluding tert-OH is 1. The first-order valence-electron chi connectivity index (χ1n) is 6.58. The van der Waals surface area contributed by atoms with Crippen LogP contribution in [0.1, 0.15) is 35.7 Å². The SMILES string of the molecule is CCn1nc(C)c(CNC[C@@H](O)c2ccco2)c1C. The van der Waals surface area contributed by atoms with E-state index in [4.69, 9.17) is 4.42 Å². The van der Waals surface area contributed by atoms with E-state index in [0.29, 0.717) is 18.8 Å². The minimum atomic E-state index is -0.614. The van der Waals surface area contributed by atoms with Crippen molar-refractivity contribution in [1.82, 2.24) is 15.1 Å². The smallest absolute Gasteiger partial charge is 0.133 e. The maximum Gasteiger partial charge on any atom is 0.133 e. The Morgan fingerprint density at radius 3 is 2.84 bits per heavy atom. The summed E-state index contributed by atoms with van der Waals surface area (Å²) in [6.07, 6.45) is 0.954. The molecule has 0 fully saturated rings. The standard InChI is InChI=1S/C14H21N3O2/c1-4-17-11(3)12(10(2)16-17)8-15-9-13(18)14-6-5-7-19-14/h5-7,13,15,18H,4,8-9H2,1-3H3/t13-/m1/s1. The van der Waals surface area contributed by atoms with Crippen LogP contribution in [-0.4, -0.2) is 21.4 Å². The van der Waals surface area contributed by atoms with Crippen LogP contribution >= 0.6 is 0 Å². The summed E-state index contributed by atoms with van der Waals surface area (Å²) in [5.41, 5.74) is 3.42. The largest absolute Gasteiger partial charge is 0.467 e. The summed E-state index contributed by atoms with van der Waals surface area (Å²) in [7, 11) is 0. The van der Waals surface area contributed by atoms with E-state index in [1.807, 2.05) is 11.6 Å². The number of nitrogens with one attached hydrogen (secondary N) is 1. The van der Waals surface area contributed by atoms with Crippen molar-refractivity contribution in [2.45, 2.75) is 40.0 Å². The first-order valence-corrected chi connectivity index (χ1v) is 6.58. The first-order chi connectivity index (χ1) is 9.13. The molecule has 0 saturated carbocycles. The van der Waals surface area contributed by atoms with Crippen molar-refractivity contribution in [1.29, 1.82) is 0 Å². The molecule has 2 N–H and O–H groups in total. The zero-order valence-electron chi connectivity index (χ0n) is 11.7. The van der Waals surface area contributed by atoms with E-state index in [9.17, 15) is 5.11 Å². The van der Waals surface area contributed by atoms with Crippen LogP contribution < -0.4 is 5.32 Å². The number of hydrogen-bond acceptors (Lipinski definition) is 4. The zero-order valence-corrected chi connectivity index (χ0v) is 11.7.